The SMILES string of the molecule is CCCCCc1nnc(CCCCC)n1N. The number of nitrogens with zero attached hydrogens (tertiary/aromatic N) is 3. The zero-order chi connectivity index (χ0) is 11.8. The van der Waals surface area contributed by atoms with Crippen LogP contribution in [0.4, 0.5) is 0 Å². The van der Waals surface area contributed by atoms with Gasteiger partial charge in [-0.2, -0.15) is 0 Å². The van der Waals surface area contributed by atoms with E-state index >= 15 is 0 Å². The molecule has 16 heavy (non-hydrogen) atoms. The number of hydrogen-bond acceptors (Lipinski definition) is 3. The van der Waals surface area contributed by atoms with E-state index in [1.165, 1.54) is 25.7 Å². The lowest BCUT2D eigenvalue weighted by molar-refractivity contribution is 0.657. The van der Waals surface area contributed by atoms with Crippen LogP contribution in [0.2, 0.25) is 0 Å². The number of aryl methyl sites for hydroxylation is 2. The Kier molecular flexibility index (Phi) is 5.90. The van der Waals surface area contributed by atoms with Gasteiger partial charge in [0.25, 0.3) is 0 Å². The molecule has 0 aliphatic heterocycles. The molecule has 0 radical (unpaired) electrons. The Morgan fingerprint density at radius 1 is 0.875 bits per heavy atom. The summed E-state index contributed by atoms with van der Waals surface area (Å²) in [6, 6.07) is 0. The highest BCUT2D eigenvalue weighted by atomic mass is 15.4. The largest absolute Gasteiger partial charge is 0.336 e. The first kappa shape index (κ1) is 13.0. The lowest BCUT2D eigenvalue weighted by atomic mass is 10.2. The summed E-state index contributed by atoms with van der Waals surface area (Å²) < 4.78 is 1.69. The molecule has 0 unspecified atom stereocenters. The van der Waals surface area contributed by atoms with Gasteiger partial charge in [-0.3, -0.25) is 0 Å². The van der Waals surface area contributed by atoms with E-state index in [2.05, 4.69) is 24.0 Å². The number of aromatic nitrogens is 3. The van der Waals surface area contributed by atoms with Gasteiger partial charge in [-0.15, -0.1) is 10.2 Å². The fourth-order valence-electron chi connectivity index (χ4n) is 1.77. The summed E-state index contributed by atoms with van der Waals surface area (Å²) in [4.78, 5) is 0. The van der Waals surface area contributed by atoms with E-state index < -0.39 is 0 Å². The molecule has 4 nitrogen and oxygen atoms in total. The fourth-order valence-corrected chi connectivity index (χ4v) is 1.77. The Labute approximate surface area is 98.2 Å². The molecule has 0 aliphatic carbocycles. The van der Waals surface area contributed by atoms with Crippen molar-refractivity contribution in [1.82, 2.24) is 14.9 Å². The van der Waals surface area contributed by atoms with Gasteiger partial charge in [0, 0.05) is 12.8 Å². The third-order valence-electron chi connectivity index (χ3n) is 2.84. The first-order valence-corrected chi connectivity index (χ1v) is 6.47. The highest BCUT2D eigenvalue weighted by Gasteiger charge is 2.08. The molecule has 0 fully saturated rings. The number of rotatable bonds is 8. The summed E-state index contributed by atoms with van der Waals surface area (Å²) >= 11 is 0. The van der Waals surface area contributed by atoms with Crippen LogP contribution in [0.3, 0.4) is 0 Å². The van der Waals surface area contributed by atoms with Gasteiger partial charge < -0.3 is 5.84 Å². The van der Waals surface area contributed by atoms with Crippen molar-refractivity contribution in [3.8, 4) is 0 Å². The minimum atomic E-state index is 0.931. The second kappa shape index (κ2) is 7.25. The number of nitrogens with two attached hydrogens (primary N) is 1. The lowest BCUT2D eigenvalue weighted by Gasteiger charge is -2.03. The van der Waals surface area contributed by atoms with Gasteiger partial charge in [0.05, 0.1) is 0 Å². The number of unbranched alkanes of at least 4 members (excludes halogenated alkanes) is 4. The van der Waals surface area contributed by atoms with E-state index in [0.29, 0.717) is 0 Å². The van der Waals surface area contributed by atoms with Gasteiger partial charge in [0.15, 0.2) is 11.6 Å². The normalized spacial score (nSPS) is 10.9. The Balaban J connectivity index is 2.41. The van der Waals surface area contributed by atoms with Crippen molar-refractivity contribution in [2.45, 2.75) is 65.2 Å². The molecule has 0 saturated carbocycles. The van der Waals surface area contributed by atoms with Gasteiger partial charge in [-0.05, 0) is 12.8 Å². The minimum absolute atomic E-state index is 0.931. The summed E-state index contributed by atoms with van der Waals surface area (Å²) in [5, 5.41) is 8.31. The molecular formula is C12H24N4. The highest BCUT2D eigenvalue weighted by molar-refractivity contribution is 4.96. The predicted molar refractivity (Wildman–Crippen MR) is 66.6 cm³/mol. The molecule has 92 valence electrons. The zero-order valence-corrected chi connectivity index (χ0v) is 10.6. The quantitative estimate of drug-likeness (QED) is 0.545. The molecule has 0 saturated heterocycles. The maximum atomic E-state index is 5.96. The third-order valence-corrected chi connectivity index (χ3v) is 2.84. The molecule has 1 aromatic rings. The van der Waals surface area contributed by atoms with Crippen LogP contribution in [0, 0.1) is 0 Å². The molecule has 2 N–H and O–H groups in total. The summed E-state index contributed by atoms with van der Waals surface area (Å²) in [5.41, 5.74) is 0. The van der Waals surface area contributed by atoms with Crippen LogP contribution in [-0.4, -0.2) is 14.9 Å². The van der Waals surface area contributed by atoms with Crippen molar-refractivity contribution in [1.29, 1.82) is 0 Å². The van der Waals surface area contributed by atoms with Crippen molar-refractivity contribution < 1.29 is 0 Å². The average Bonchev–Trinajstić information content (AvgIpc) is 2.62. The summed E-state index contributed by atoms with van der Waals surface area (Å²) in [6.07, 6.45) is 9.12. The van der Waals surface area contributed by atoms with Crippen LogP contribution in [0.15, 0.2) is 0 Å². The maximum Gasteiger partial charge on any atom is 0.151 e. The lowest BCUT2D eigenvalue weighted by Crippen LogP contribution is -2.16. The maximum absolute atomic E-state index is 5.96. The third kappa shape index (κ3) is 3.83. The molecule has 1 aromatic heterocycles. The summed E-state index contributed by atoms with van der Waals surface area (Å²) in [6.45, 7) is 4.40. The van der Waals surface area contributed by atoms with Crippen molar-refractivity contribution in [2.24, 2.45) is 0 Å². The Bertz CT molecular complexity index is 266. The zero-order valence-electron chi connectivity index (χ0n) is 10.6. The Morgan fingerprint density at radius 3 is 1.69 bits per heavy atom. The number of nitrogen functional groups attached to an aromatic ring is 1. The Morgan fingerprint density at radius 2 is 1.31 bits per heavy atom. The standard InChI is InChI=1S/C12H24N4/c1-3-5-7-9-11-14-15-12(16(11)13)10-8-6-4-2/h3-10,13H2,1-2H3. The first-order valence-electron chi connectivity index (χ1n) is 6.47. The minimum Gasteiger partial charge on any atom is -0.336 e. The first-order chi connectivity index (χ1) is 7.79. The molecule has 0 amide bonds. The molecule has 0 bridgehead atoms. The van der Waals surface area contributed by atoms with Crippen molar-refractivity contribution in [3.05, 3.63) is 11.6 Å². The van der Waals surface area contributed by atoms with Crippen LogP contribution >= 0.6 is 0 Å². The second-order valence-electron chi connectivity index (χ2n) is 4.32. The molecule has 1 heterocycles. The van der Waals surface area contributed by atoms with Crippen LogP contribution in [-0.2, 0) is 12.8 Å². The monoisotopic (exact) mass is 224 g/mol. The van der Waals surface area contributed by atoms with Crippen molar-refractivity contribution in [3.63, 3.8) is 0 Å². The molecule has 1 rings (SSSR count). The molecule has 4 heteroatoms. The smallest absolute Gasteiger partial charge is 0.151 e. The van der Waals surface area contributed by atoms with Crippen molar-refractivity contribution in [2.75, 3.05) is 5.84 Å². The summed E-state index contributed by atoms with van der Waals surface area (Å²) in [7, 11) is 0. The summed E-state index contributed by atoms with van der Waals surface area (Å²) in [5.74, 6) is 7.82. The predicted octanol–water partition coefficient (Wildman–Crippen LogP) is 2.46. The van der Waals surface area contributed by atoms with E-state index in [9.17, 15) is 0 Å². The van der Waals surface area contributed by atoms with Gasteiger partial charge in [-0.25, -0.2) is 4.68 Å². The van der Waals surface area contributed by atoms with Gasteiger partial charge >= 0.3 is 0 Å². The molecule has 0 atom stereocenters. The van der Waals surface area contributed by atoms with Crippen molar-refractivity contribution >= 4 is 0 Å². The topological polar surface area (TPSA) is 56.7 Å². The second-order valence-corrected chi connectivity index (χ2v) is 4.32. The van der Waals surface area contributed by atoms with E-state index in [1.807, 2.05) is 0 Å². The van der Waals surface area contributed by atoms with Crippen LogP contribution < -0.4 is 5.84 Å². The molecule has 0 spiro atoms. The molecule has 0 aliphatic rings. The van der Waals surface area contributed by atoms with Gasteiger partial charge in [0.2, 0.25) is 0 Å². The van der Waals surface area contributed by atoms with E-state index in [0.717, 1.165) is 37.3 Å². The van der Waals surface area contributed by atoms with Crippen LogP contribution in [0.5, 0.6) is 0 Å². The Hall–Kier alpha value is -1.06. The number of hydrogen-bond donors (Lipinski definition) is 1. The van der Waals surface area contributed by atoms with Crippen LogP contribution in [0.25, 0.3) is 0 Å². The fraction of sp³-hybridized carbons (Fsp3) is 0.833. The average molecular weight is 224 g/mol. The molecule has 0 aromatic carbocycles. The molecular weight excluding hydrogens is 200 g/mol. The van der Waals surface area contributed by atoms with Gasteiger partial charge in [0.1, 0.15) is 0 Å². The highest BCUT2D eigenvalue weighted by Crippen LogP contribution is 2.07. The van der Waals surface area contributed by atoms with Gasteiger partial charge in [-0.1, -0.05) is 39.5 Å². The van der Waals surface area contributed by atoms with E-state index in [4.69, 9.17) is 5.84 Å². The van der Waals surface area contributed by atoms with E-state index in [-0.39, 0.29) is 0 Å². The van der Waals surface area contributed by atoms with E-state index in [1.54, 1.807) is 4.68 Å². The van der Waals surface area contributed by atoms with Crippen LogP contribution in [0.1, 0.15) is 64.0 Å².